The van der Waals surface area contributed by atoms with Crippen LogP contribution in [0.3, 0.4) is 0 Å². The van der Waals surface area contributed by atoms with Gasteiger partial charge in [-0.15, -0.1) is 23.2 Å². The third-order valence-electron chi connectivity index (χ3n) is 0.631. The Hall–Kier alpha value is 1.11. The van der Waals surface area contributed by atoms with E-state index in [4.69, 9.17) is 33.0 Å². The van der Waals surface area contributed by atoms with Crippen LogP contribution in [0.25, 0.3) is 0 Å². The molecule has 2 N–H and O–H groups in total. The highest BCUT2D eigenvalue weighted by Crippen LogP contribution is 2.38. The predicted molar refractivity (Wildman–Crippen MR) is 45.0 cm³/mol. The van der Waals surface area contributed by atoms with Crippen molar-refractivity contribution in [2.24, 2.45) is 0 Å². The smallest absolute Gasteiger partial charge is 0.322 e. The van der Waals surface area contributed by atoms with E-state index in [0.717, 1.165) is 0 Å². The second-order valence-corrected chi connectivity index (χ2v) is 4.76. The highest BCUT2D eigenvalue weighted by Gasteiger charge is 2.15. The molecule has 7 heteroatoms. The van der Waals surface area contributed by atoms with Crippen LogP contribution in [-0.2, 0) is 16.3 Å². The molecule has 0 saturated carbocycles. The van der Waals surface area contributed by atoms with Gasteiger partial charge in [-0.2, -0.15) is 0 Å². The van der Waals surface area contributed by atoms with Crippen molar-refractivity contribution >= 4 is 41.7 Å². The van der Waals surface area contributed by atoms with Crippen LogP contribution in [0.15, 0.2) is 0 Å². The Labute approximate surface area is 74.2 Å². The average molecular weight is 225 g/mol. The van der Waals surface area contributed by atoms with Gasteiger partial charge in [0.2, 0.25) is 0 Å². The fraction of sp³-hybridized carbons (Fsp3) is 1.00. The molecule has 62 valence electrons. The van der Waals surface area contributed by atoms with Gasteiger partial charge in [-0.1, -0.05) is 0 Å². The molecule has 0 aromatic rings. The van der Waals surface area contributed by atoms with E-state index in [1.807, 2.05) is 0 Å². The van der Waals surface area contributed by atoms with Crippen LogP contribution in [0.2, 0.25) is 0 Å². The number of halogens is 2. The summed E-state index contributed by atoms with van der Waals surface area (Å²) >= 11 is 14.8. The minimum Gasteiger partial charge on any atom is -0.325 e. The first-order valence-corrected chi connectivity index (χ1v) is 6.05. The Morgan fingerprint density at radius 3 is 1.90 bits per heavy atom. The summed E-state index contributed by atoms with van der Waals surface area (Å²) in [5.74, 6) is 0.200. The van der Waals surface area contributed by atoms with Crippen LogP contribution in [0.5, 0.6) is 0 Å². The quantitative estimate of drug-likeness (QED) is 0.554. The molecule has 0 bridgehead atoms. The molecule has 0 radical (unpaired) electrons. The molecule has 0 aliphatic heterocycles. The minimum atomic E-state index is -3.59. The fourth-order valence-corrected chi connectivity index (χ4v) is 1.83. The largest absolute Gasteiger partial charge is 0.325 e. The SMILES string of the molecule is OP(O)(=S)OC(CCl)CCl. The summed E-state index contributed by atoms with van der Waals surface area (Å²) in [6, 6.07) is 0. The standard InChI is InChI=1S/C3H7Cl2O3PS/c4-1-3(2-5)8-9(6,7)10/h3H,1-2H2,(H2,6,7,10). The Morgan fingerprint density at radius 2 is 1.80 bits per heavy atom. The molecule has 0 heterocycles. The maximum absolute atomic E-state index is 8.59. The summed E-state index contributed by atoms with van der Waals surface area (Å²) in [5, 5.41) is 0. The van der Waals surface area contributed by atoms with Crippen LogP contribution in [-0.4, -0.2) is 27.7 Å². The Kier molecular flexibility index (Phi) is 5.42. The summed E-state index contributed by atoms with van der Waals surface area (Å²) < 4.78 is 4.51. The Bertz CT molecular complexity index is 134. The van der Waals surface area contributed by atoms with Crippen molar-refractivity contribution in [3.8, 4) is 0 Å². The molecule has 0 amide bonds. The first-order chi connectivity index (χ1) is 4.49. The maximum Gasteiger partial charge on any atom is 0.322 e. The molecule has 0 unspecified atom stereocenters. The Morgan fingerprint density at radius 1 is 1.40 bits per heavy atom. The molecule has 0 fully saturated rings. The van der Waals surface area contributed by atoms with E-state index in [2.05, 4.69) is 16.3 Å². The van der Waals surface area contributed by atoms with Gasteiger partial charge in [-0.3, -0.25) is 0 Å². The predicted octanol–water partition coefficient (Wildman–Crippen LogP) is 1.06. The highest BCUT2D eigenvalue weighted by molar-refractivity contribution is 8.06. The lowest BCUT2D eigenvalue weighted by molar-refractivity contribution is 0.203. The van der Waals surface area contributed by atoms with Crippen molar-refractivity contribution in [3.05, 3.63) is 0 Å². The van der Waals surface area contributed by atoms with E-state index in [-0.39, 0.29) is 11.8 Å². The van der Waals surface area contributed by atoms with Crippen LogP contribution in [0, 0.1) is 0 Å². The van der Waals surface area contributed by atoms with Crippen molar-refractivity contribution in [1.29, 1.82) is 0 Å². The van der Waals surface area contributed by atoms with Crippen LogP contribution in [0.4, 0.5) is 0 Å². The van der Waals surface area contributed by atoms with Gasteiger partial charge in [0.25, 0.3) is 0 Å². The van der Waals surface area contributed by atoms with Gasteiger partial charge in [-0.25, -0.2) is 0 Å². The second-order valence-electron chi connectivity index (χ2n) is 1.53. The third-order valence-corrected chi connectivity index (χ3v) is 2.15. The molecule has 0 rings (SSSR count). The van der Waals surface area contributed by atoms with E-state index >= 15 is 0 Å². The molecule has 0 aromatic heterocycles. The van der Waals surface area contributed by atoms with E-state index in [9.17, 15) is 0 Å². The molecule has 10 heavy (non-hydrogen) atoms. The van der Waals surface area contributed by atoms with Crippen molar-refractivity contribution in [3.63, 3.8) is 0 Å². The zero-order valence-electron chi connectivity index (χ0n) is 4.91. The monoisotopic (exact) mass is 224 g/mol. The second kappa shape index (κ2) is 4.88. The molecule has 0 spiro atoms. The molecule has 0 aliphatic carbocycles. The molecular weight excluding hydrogens is 218 g/mol. The van der Waals surface area contributed by atoms with Crippen molar-refractivity contribution < 1.29 is 14.3 Å². The van der Waals surface area contributed by atoms with Gasteiger partial charge in [0.15, 0.2) is 0 Å². The first kappa shape index (κ1) is 11.1. The van der Waals surface area contributed by atoms with Crippen molar-refractivity contribution in [1.82, 2.24) is 0 Å². The minimum absolute atomic E-state index is 0.100. The zero-order chi connectivity index (χ0) is 8.20. The number of hydrogen-bond acceptors (Lipinski definition) is 2. The summed E-state index contributed by atoms with van der Waals surface area (Å²) in [6.07, 6.45) is -0.579. The van der Waals surface area contributed by atoms with Gasteiger partial charge in [0.1, 0.15) is 0 Å². The summed E-state index contributed by atoms with van der Waals surface area (Å²) in [7, 11) is 0. The highest BCUT2D eigenvalue weighted by atomic mass is 35.5. The van der Waals surface area contributed by atoms with Crippen LogP contribution in [0.1, 0.15) is 0 Å². The van der Waals surface area contributed by atoms with Crippen LogP contribution >= 0.6 is 29.9 Å². The van der Waals surface area contributed by atoms with Gasteiger partial charge >= 0.3 is 6.72 Å². The average Bonchev–Trinajstić information content (AvgIpc) is 1.81. The van der Waals surface area contributed by atoms with Gasteiger partial charge < -0.3 is 14.3 Å². The molecule has 0 aliphatic rings. The molecule has 3 nitrogen and oxygen atoms in total. The normalized spacial score (nSPS) is 12.5. The maximum atomic E-state index is 8.59. The molecular formula is C3H7Cl2O3PS. The Balaban J connectivity index is 3.75. The van der Waals surface area contributed by atoms with E-state index in [1.54, 1.807) is 0 Å². The van der Waals surface area contributed by atoms with E-state index in [0.29, 0.717) is 0 Å². The lowest BCUT2D eigenvalue weighted by atomic mass is 10.5. The molecule has 0 aromatic carbocycles. The number of rotatable bonds is 4. The summed E-state index contributed by atoms with van der Waals surface area (Å²) in [6.45, 7) is -3.59. The van der Waals surface area contributed by atoms with Gasteiger partial charge in [0.05, 0.1) is 17.9 Å². The van der Waals surface area contributed by atoms with Crippen molar-refractivity contribution in [2.45, 2.75) is 6.10 Å². The van der Waals surface area contributed by atoms with Crippen molar-refractivity contribution in [2.75, 3.05) is 11.8 Å². The van der Waals surface area contributed by atoms with Gasteiger partial charge in [-0.05, 0) is 11.8 Å². The summed E-state index contributed by atoms with van der Waals surface area (Å²) in [4.78, 5) is 17.2. The van der Waals surface area contributed by atoms with E-state index < -0.39 is 12.8 Å². The van der Waals surface area contributed by atoms with E-state index in [1.165, 1.54) is 0 Å². The topological polar surface area (TPSA) is 49.7 Å². The zero-order valence-corrected chi connectivity index (χ0v) is 8.13. The van der Waals surface area contributed by atoms with Gasteiger partial charge in [0, 0.05) is 0 Å². The lowest BCUT2D eigenvalue weighted by Gasteiger charge is -2.14. The lowest BCUT2D eigenvalue weighted by Crippen LogP contribution is -2.14. The fourth-order valence-electron chi connectivity index (χ4n) is 0.292. The third kappa shape index (κ3) is 5.86. The number of alkyl halides is 2. The first-order valence-electron chi connectivity index (χ1n) is 2.35. The summed E-state index contributed by atoms with van der Waals surface area (Å²) in [5.41, 5.74) is 0. The molecule has 0 atom stereocenters. The van der Waals surface area contributed by atoms with Crippen LogP contribution < -0.4 is 0 Å². The number of hydrogen-bond donors (Lipinski definition) is 2. The molecule has 0 saturated heterocycles.